The summed E-state index contributed by atoms with van der Waals surface area (Å²) in [7, 11) is -1.87. The molecule has 0 saturated heterocycles. The van der Waals surface area contributed by atoms with Gasteiger partial charge < -0.3 is 0 Å². The van der Waals surface area contributed by atoms with E-state index in [1.807, 2.05) is 26.8 Å². The van der Waals surface area contributed by atoms with E-state index < -0.39 is 10.0 Å². The fourth-order valence-electron chi connectivity index (χ4n) is 0.900. The van der Waals surface area contributed by atoms with Crippen molar-refractivity contribution in [3.8, 4) is 0 Å². The lowest BCUT2D eigenvalue weighted by Gasteiger charge is -2.01. The van der Waals surface area contributed by atoms with Gasteiger partial charge in [-0.05, 0) is 31.7 Å². The standard InChI is InChI=1S/C8H11NO2S.C2H6.H2/c1-7-4-3-5-8(6-7)12(10,11)9-2;1-2;/h3-6,9H,1-2H3;1-2H3;1H. The number of benzene rings is 1. The molecule has 0 amide bonds. The van der Waals surface area contributed by atoms with Gasteiger partial charge in [0.15, 0.2) is 0 Å². The van der Waals surface area contributed by atoms with Crippen LogP contribution in [0, 0.1) is 6.92 Å². The molecule has 0 fully saturated rings. The van der Waals surface area contributed by atoms with Gasteiger partial charge in [-0.15, -0.1) is 0 Å². The molecule has 1 N–H and O–H groups in total. The summed E-state index contributed by atoms with van der Waals surface area (Å²) in [6.45, 7) is 5.86. The highest BCUT2D eigenvalue weighted by Crippen LogP contribution is 2.09. The van der Waals surface area contributed by atoms with Crippen molar-refractivity contribution in [2.45, 2.75) is 25.7 Å². The smallest absolute Gasteiger partial charge is 0.214 e. The van der Waals surface area contributed by atoms with Gasteiger partial charge in [-0.1, -0.05) is 26.0 Å². The minimum atomic E-state index is -3.27. The van der Waals surface area contributed by atoms with Gasteiger partial charge in [0.2, 0.25) is 10.0 Å². The first-order valence-corrected chi connectivity index (χ1v) is 6.05. The Morgan fingerprint density at radius 3 is 2.29 bits per heavy atom. The molecule has 82 valence electrons. The molecule has 0 spiro atoms. The molecule has 0 heterocycles. The maximum Gasteiger partial charge on any atom is 0.240 e. The zero-order chi connectivity index (χ0) is 11.2. The molecule has 1 aromatic carbocycles. The van der Waals surface area contributed by atoms with Gasteiger partial charge in [0.1, 0.15) is 0 Å². The molecular formula is C10H19NO2S. The van der Waals surface area contributed by atoms with Crippen molar-refractivity contribution >= 4 is 10.0 Å². The molecule has 1 rings (SSSR count). The first-order valence-electron chi connectivity index (χ1n) is 4.56. The molecule has 0 radical (unpaired) electrons. The third-order valence-corrected chi connectivity index (χ3v) is 2.98. The van der Waals surface area contributed by atoms with Gasteiger partial charge >= 0.3 is 0 Å². The second-order valence-electron chi connectivity index (χ2n) is 2.52. The van der Waals surface area contributed by atoms with E-state index in [1.54, 1.807) is 18.2 Å². The van der Waals surface area contributed by atoms with E-state index in [0.717, 1.165) is 5.56 Å². The van der Waals surface area contributed by atoms with E-state index in [2.05, 4.69) is 4.72 Å². The average Bonchev–Trinajstić information content (AvgIpc) is 2.21. The van der Waals surface area contributed by atoms with Crippen LogP contribution in [0.3, 0.4) is 0 Å². The summed E-state index contributed by atoms with van der Waals surface area (Å²) >= 11 is 0. The zero-order valence-corrected chi connectivity index (χ0v) is 9.85. The molecule has 1 aromatic rings. The molecule has 0 aliphatic rings. The van der Waals surface area contributed by atoms with E-state index in [0.29, 0.717) is 4.90 Å². The zero-order valence-electron chi connectivity index (χ0n) is 9.03. The Labute approximate surface area is 87.7 Å². The highest BCUT2D eigenvalue weighted by Gasteiger charge is 2.09. The molecule has 14 heavy (non-hydrogen) atoms. The molecule has 0 aromatic heterocycles. The van der Waals surface area contributed by atoms with Crippen LogP contribution in [0.5, 0.6) is 0 Å². The lowest BCUT2D eigenvalue weighted by molar-refractivity contribution is 0.588. The van der Waals surface area contributed by atoms with E-state index in [-0.39, 0.29) is 1.43 Å². The van der Waals surface area contributed by atoms with Crippen molar-refractivity contribution in [2.75, 3.05) is 7.05 Å². The first kappa shape index (κ1) is 13.1. The number of rotatable bonds is 2. The van der Waals surface area contributed by atoms with Gasteiger partial charge in [-0.3, -0.25) is 0 Å². The van der Waals surface area contributed by atoms with Crippen molar-refractivity contribution in [2.24, 2.45) is 0 Å². The predicted molar refractivity (Wildman–Crippen MR) is 60.9 cm³/mol. The summed E-state index contributed by atoms with van der Waals surface area (Å²) in [5.74, 6) is 0. The lowest BCUT2D eigenvalue weighted by atomic mass is 10.2. The van der Waals surface area contributed by atoms with Crippen LogP contribution in [-0.2, 0) is 10.0 Å². The van der Waals surface area contributed by atoms with Crippen LogP contribution in [0.1, 0.15) is 20.8 Å². The van der Waals surface area contributed by atoms with E-state index in [1.165, 1.54) is 7.05 Å². The van der Waals surface area contributed by atoms with Crippen molar-refractivity contribution in [3.05, 3.63) is 29.8 Å². The maximum absolute atomic E-state index is 11.2. The Hall–Kier alpha value is -0.870. The van der Waals surface area contributed by atoms with Crippen molar-refractivity contribution in [3.63, 3.8) is 0 Å². The van der Waals surface area contributed by atoms with Crippen LogP contribution >= 0.6 is 0 Å². The van der Waals surface area contributed by atoms with Crippen molar-refractivity contribution < 1.29 is 9.84 Å². The molecule has 4 heteroatoms. The third kappa shape index (κ3) is 3.47. The van der Waals surface area contributed by atoms with Gasteiger partial charge in [0.25, 0.3) is 0 Å². The monoisotopic (exact) mass is 217 g/mol. The SMILES string of the molecule is CC.CNS(=O)(=O)c1cccc(C)c1.[HH]. The third-order valence-electron chi connectivity index (χ3n) is 1.57. The predicted octanol–water partition coefficient (Wildman–Crippen LogP) is 2.18. The Morgan fingerprint density at radius 2 is 1.86 bits per heavy atom. The molecule has 0 saturated carbocycles. The Balaban J connectivity index is 0. The van der Waals surface area contributed by atoms with Crippen LogP contribution in [0.25, 0.3) is 0 Å². The van der Waals surface area contributed by atoms with Crippen molar-refractivity contribution in [1.82, 2.24) is 4.72 Å². The molecule has 0 unspecified atom stereocenters. The fraction of sp³-hybridized carbons (Fsp3) is 0.400. The second kappa shape index (κ2) is 5.78. The average molecular weight is 217 g/mol. The van der Waals surface area contributed by atoms with E-state index in [9.17, 15) is 8.42 Å². The van der Waals surface area contributed by atoms with Crippen LogP contribution in [0.15, 0.2) is 29.2 Å². The number of aryl methyl sites for hydroxylation is 1. The maximum atomic E-state index is 11.2. The van der Waals surface area contributed by atoms with Gasteiger partial charge in [-0.25, -0.2) is 13.1 Å². The quantitative estimate of drug-likeness (QED) is 0.825. The summed E-state index contributed by atoms with van der Waals surface area (Å²) in [5, 5.41) is 0. The molecule has 3 nitrogen and oxygen atoms in total. The second-order valence-corrected chi connectivity index (χ2v) is 4.41. The van der Waals surface area contributed by atoms with Gasteiger partial charge in [-0.2, -0.15) is 0 Å². The van der Waals surface area contributed by atoms with Crippen LogP contribution in [0.2, 0.25) is 0 Å². The summed E-state index contributed by atoms with van der Waals surface area (Å²) in [6, 6.07) is 6.78. The lowest BCUT2D eigenvalue weighted by Crippen LogP contribution is -2.18. The molecule has 0 aliphatic carbocycles. The molecule has 0 aliphatic heterocycles. The highest BCUT2D eigenvalue weighted by atomic mass is 32.2. The summed E-state index contributed by atoms with van der Waals surface area (Å²) in [5.41, 5.74) is 0.936. The minimum Gasteiger partial charge on any atom is -0.214 e. The Morgan fingerprint density at radius 1 is 1.29 bits per heavy atom. The van der Waals surface area contributed by atoms with Crippen LogP contribution in [-0.4, -0.2) is 15.5 Å². The summed E-state index contributed by atoms with van der Waals surface area (Å²) in [6.07, 6.45) is 0. The molecule has 0 bridgehead atoms. The Kier molecular flexibility index (Phi) is 5.42. The topological polar surface area (TPSA) is 46.2 Å². The Bertz CT molecular complexity index is 377. The fourth-order valence-corrected chi connectivity index (χ4v) is 1.73. The largest absolute Gasteiger partial charge is 0.240 e. The minimum absolute atomic E-state index is 0. The summed E-state index contributed by atoms with van der Waals surface area (Å²) in [4.78, 5) is 0.310. The van der Waals surface area contributed by atoms with Crippen LogP contribution in [0.4, 0.5) is 0 Å². The number of hydrogen-bond acceptors (Lipinski definition) is 2. The molecular weight excluding hydrogens is 198 g/mol. The normalized spacial score (nSPS) is 10.3. The van der Waals surface area contributed by atoms with Gasteiger partial charge in [0.05, 0.1) is 4.90 Å². The van der Waals surface area contributed by atoms with E-state index in [4.69, 9.17) is 0 Å². The number of nitrogens with one attached hydrogen (secondary N) is 1. The summed E-state index contributed by atoms with van der Waals surface area (Å²) < 4.78 is 24.7. The van der Waals surface area contributed by atoms with E-state index >= 15 is 0 Å². The van der Waals surface area contributed by atoms with Gasteiger partial charge in [0, 0.05) is 1.43 Å². The number of hydrogen-bond donors (Lipinski definition) is 1. The van der Waals surface area contributed by atoms with Crippen LogP contribution < -0.4 is 4.72 Å². The number of sulfonamides is 1. The van der Waals surface area contributed by atoms with Crippen molar-refractivity contribution in [1.29, 1.82) is 0 Å². The first-order chi connectivity index (χ1) is 6.56. The molecule has 0 atom stereocenters. The highest BCUT2D eigenvalue weighted by molar-refractivity contribution is 7.89.